The monoisotopic (exact) mass is 490 g/mol. The number of anilines is 1. The van der Waals surface area contributed by atoms with Crippen LogP contribution in [-0.4, -0.2) is 24.9 Å². The van der Waals surface area contributed by atoms with Gasteiger partial charge in [0, 0.05) is 5.56 Å². The number of furan rings is 1. The summed E-state index contributed by atoms with van der Waals surface area (Å²) in [5.41, 5.74) is 3.47. The first-order valence-electron chi connectivity index (χ1n) is 9.08. The van der Waals surface area contributed by atoms with Crippen molar-refractivity contribution in [3.05, 3.63) is 80.5 Å². The normalized spacial score (nSPS) is 14.8. The molecule has 0 saturated carbocycles. The maximum atomic E-state index is 12.8. The van der Waals surface area contributed by atoms with Crippen LogP contribution in [0, 0.1) is 0 Å². The molecule has 0 atom stereocenters. The molecule has 3 aromatic rings. The van der Waals surface area contributed by atoms with E-state index in [1.54, 1.807) is 30.3 Å². The van der Waals surface area contributed by atoms with Crippen molar-refractivity contribution in [1.82, 2.24) is 5.43 Å². The van der Waals surface area contributed by atoms with Crippen molar-refractivity contribution in [2.75, 3.05) is 12.1 Å². The largest absolute Gasteiger partial charge is 0.465 e. The lowest BCUT2D eigenvalue weighted by molar-refractivity contribution is -0.117. The van der Waals surface area contributed by atoms with Crippen molar-refractivity contribution in [3.63, 3.8) is 0 Å². The zero-order valence-electron chi connectivity index (χ0n) is 16.3. The molecule has 0 radical (unpaired) electrons. The molecule has 1 aromatic heterocycles. The molecule has 0 unspecified atom stereocenters. The smallest absolute Gasteiger partial charge is 0.339 e. The van der Waals surface area contributed by atoms with Crippen molar-refractivity contribution in [3.8, 4) is 11.3 Å². The van der Waals surface area contributed by atoms with Crippen LogP contribution in [0.15, 0.2) is 58.5 Å². The highest BCUT2D eigenvalue weighted by atomic mass is 35.5. The zero-order valence-corrected chi connectivity index (χ0v) is 18.6. The zero-order chi connectivity index (χ0) is 23.0. The van der Waals surface area contributed by atoms with Gasteiger partial charge in [-0.05, 0) is 54.6 Å². The average molecular weight is 492 g/mol. The minimum absolute atomic E-state index is 0.122. The topological polar surface area (TPSA) is 88.9 Å². The summed E-state index contributed by atoms with van der Waals surface area (Å²) in [6.07, 6.45) is 1.33. The number of halogens is 3. The first-order valence-corrected chi connectivity index (χ1v) is 10.2. The molecule has 1 aliphatic rings. The van der Waals surface area contributed by atoms with Gasteiger partial charge >= 0.3 is 5.97 Å². The lowest BCUT2D eigenvalue weighted by Gasteiger charge is -2.15. The number of ether oxygens (including phenoxy) is 1. The molecule has 4 rings (SSSR count). The molecule has 1 N–H and O–H groups in total. The van der Waals surface area contributed by atoms with Gasteiger partial charge in [0.25, 0.3) is 11.8 Å². The van der Waals surface area contributed by atoms with E-state index in [0.717, 1.165) is 5.01 Å². The molecule has 2 aromatic carbocycles. The number of nitrogens with zero attached hydrogens (tertiary/aromatic N) is 1. The minimum atomic E-state index is -0.599. The highest BCUT2D eigenvalue weighted by molar-refractivity contribution is 6.42. The van der Waals surface area contributed by atoms with Crippen LogP contribution in [-0.2, 0) is 14.3 Å². The fraction of sp³-hybridized carbons (Fsp3) is 0.0455. The van der Waals surface area contributed by atoms with Gasteiger partial charge in [0.15, 0.2) is 0 Å². The fourth-order valence-electron chi connectivity index (χ4n) is 3.04. The van der Waals surface area contributed by atoms with E-state index >= 15 is 0 Å². The third kappa shape index (κ3) is 4.10. The van der Waals surface area contributed by atoms with Crippen molar-refractivity contribution in [1.29, 1.82) is 0 Å². The van der Waals surface area contributed by atoms with Crippen LogP contribution in [0.2, 0.25) is 15.1 Å². The first-order chi connectivity index (χ1) is 15.3. The van der Waals surface area contributed by atoms with Gasteiger partial charge in [-0.25, -0.2) is 9.80 Å². The number of methoxy groups -OCH3 is 1. The van der Waals surface area contributed by atoms with Crippen molar-refractivity contribution in [2.45, 2.75) is 0 Å². The molecule has 162 valence electrons. The van der Waals surface area contributed by atoms with Crippen LogP contribution in [0.1, 0.15) is 16.1 Å². The molecule has 0 bridgehead atoms. The Balaban J connectivity index is 1.62. The fourth-order valence-corrected chi connectivity index (χ4v) is 3.52. The maximum Gasteiger partial charge on any atom is 0.339 e. The molecule has 1 fully saturated rings. The highest BCUT2D eigenvalue weighted by Crippen LogP contribution is 2.31. The summed E-state index contributed by atoms with van der Waals surface area (Å²) in [6.45, 7) is 0. The first kappa shape index (κ1) is 22.0. The van der Waals surface area contributed by atoms with E-state index in [0.29, 0.717) is 22.0 Å². The molecule has 1 saturated heterocycles. The highest BCUT2D eigenvalue weighted by Gasteiger charge is 2.35. The number of esters is 1. The van der Waals surface area contributed by atoms with E-state index in [9.17, 15) is 14.4 Å². The summed E-state index contributed by atoms with van der Waals surface area (Å²) in [5.74, 6) is -1.08. The molecule has 0 aliphatic carbocycles. The maximum absolute atomic E-state index is 12.8. The van der Waals surface area contributed by atoms with E-state index in [2.05, 4.69) is 5.43 Å². The summed E-state index contributed by atoms with van der Waals surface area (Å²) < 4.78 is 10.5. The second-order valence-corrected chi connectivity index (χ2v) is 7.85. The average Bonchev–Trinajstić information content (AvgIpc) is 3.36. The number of carbonyl (C=O) groups excluding carboxylic acids is 3. The van der Waals surface area contributed by atoms with Crippen molar-refractivity contribution < 1.29 is 23.5 Å². The van der Waals surface area contributed by atoms with Gasteiger partial charge in [0.2, 0.25) is 0 Å². The number of benzene rings is 2. The van der Waals surface area contributed by atoms with Crippen LogP contribution in [0.5, 0.6) is 0 Å². The van der Waals surface area contributed by atoms with Gasteiger partial charge in [0.05, 0.1) is 33.4 Å². The van der Waals surface area contributed by atoms with Crippen LogP contribution in [0.4, 0.5) is 5.69 Å². The summed E-state index contributed by atoms with van der Waals surface area (Å²) in [6, 6.07) is 12.5. The van der Waals surface area contributed by atoms with Crippen LogP contribution in [0.3, 0.4) is 0 Å². The van der Waals surface area contributed by atoms with E-state index in [-0.39, 0.29) is 26.9 Å². The Morgan fingerprint density at radius 1 is 1.00 bits per heavy atom. The number of hydrazine groups is 1. The molecule has 0 spiro atoms. The van der Waals surface area contributed by atoms with Gasteiger partial charge < -0.3 is 9.15 Å². The lowest BCUT2D eigenvalue weighted by atomic mass is 10.1. The number of carbonyl (C=O) groups is 3. The second-order valence-electron chi connectivity index (χ2n) is 6.63. The number of amides is 2. The van der Waals surface area contributed by atoms with Crippen molar-refractivity contribution >= 4 is 64.3 Å². The summed E-state index contributed by atoms with van der Waals surface area (Å²) in [7, 11) is 1.26. The Hall–Kier alpha value is -3.26. The number of hydrogen-bond acceptors (Lipinski definition) is 5. The molecule has 32 heavy (non-hydrogen) atoms. The standard InChI is InChI=1S/C22H13Cl3N2O5/c1-31-22(30)14-8-11(2-5-16(14)23)19-7-4-13(32-19)10-15-20(28)26-27(21(15)29)12-3-6-17(24)18(25)9-12/h2-10H,1H3,(H,26,28)/b15-10-. The molecular weight excluding hydrogens is 479 g/mol. The molecular formula is C22H13Cl3N2O5. The Kier molecular flexibility index (Phi) is 5.97. The molecule has 1 aliphatic heterocycles. The summed E-state index contributed by atoms with van der Waals surface area (Å²) in [5, 5.41) is 1.88. The molecule has 2 heterocycles. The predicted octanol–water partition coefficient (Wildman–Crippen LogP) is 5.15. The third-order valence-corrected chi connectivity index (χ3v) is 5.69. The minimum Gasteiger partial charge on any atom is -0.465 e. The van der Waals surface area contributed by atoms with Gasteiger partial charge in [-0.2, -0.15) is 0 Å². The quantitative estimate of drug-likeness (QED) is 0.310. The Morgan fingerprint density at radius 3 is 2.47 bits per heavy atom. The predicted molar refractivity (Wildman–Crippen MR) is 121 cm³/mol. The van der Waals surface area contributed by atoms with Crippen molar-refractivity contribution in [2.24, 2.45) is 0 Å². The van der Waals surface area contributed by atoms with Crippen LogP contribution in [0.25, 0.3) is 17.4 Å². The number of nitrogens with one attached hydrogen (secondary N) is 1. The Labute approximate surface area is 197 Å². The number of hydrogen-bond donors (Lipinski definition) is 1. The van der Waals surface area contributed by atoms with Gasteiger partial charge in [-0.3, -0.25) is 15.0 Å². The third-order valence-electron chi connectivity index (χ3n) is 4.62. The van der Waals surface area contributed by atoms with Crippen LogP contribution < -0.4 is 10.4 Å². The van der Waals surface area contributed by atoms with E-state index in [1.165, 1.54) is 31.4 Å². The molecule has 2 amide bonds. The SMILES string of the molecule is COC(=O)c1cc(-c2ccc(/C=C3/C(=O)NN(c4ccc(Cl)c(Cl)c4)C3=O)o2)ccc1Cl. The van der Waals surface area contributed by atoms with E-state index in [4.69, 9.17) is 44.0 Å². The van der Waals surface area contributed by atoms with Gasteiger partial charge in [-0.1, -0.05) is 34.8 Å². The van der Waals surface area contributed by atoms with Gasteiger partial charge in [-0.15, -0.1) is 0 Å². The molecule has 7 nitrogen and oxygen atoms in total. The second kappa shape index (κ2) is 8.70. The molecule has 10 heteroatoms. The van der Waals surface area contributed by atoms with Crippen LogP contribution >= 0.6 is 34.8 Å². The lowest BCUT2D eigenvalue weighted by Crippen LogP contribution is -2.35. The van der Waals surface area contributed by atoms with E-state index < -0.39 is 17.8 Å². The summed E-state index contributed by atoms with van der Waals surface area (Å²) >= 11 is 18.0. The summed E-state index contributed by atoms with van der Waals surface area (Å²) in [4.78, 5) is 37.0. The Morgan fingerprint density at radius 2 is 1.75 bits per heavy atom. The van der Waals surface area contributed by atoms with Gasteiger partial charge in [0.1, 0.15) is 17.1 Å². The number of rotatable bonds is 4. The Bertz CT molecular complexity index is 1300. The van der Waals surface area contributed by atoms with E-state index in [1.807, 2.05) is 0 Å².